The molecular weight excluding hydrogens is 246 g/mol. The van der Waals surface area contributed by atoms with Crippen LogP contribution in [0.4, 0.5) is 0 Å². The first-order chi connectivity index (χ1) is 8.76. The molecule has 18 heavy (non-hydrogen) atoms. The van der Waals surface area contributed by atoms with Crippen LogP contribution in [0, 0.1) is 0 Å². The Morgan fingerprint density at radius 1 is 1.28 bits per heavy atom. The van der Waals surface area contributed by atoms with Crippen molar-refractivity contribution < 1.29 is 0 Å². The Hall–Kier alpha value is -1.42. The van der Waals surface area contributed by atoms with E-state index in [1.807, 2.05) is 6.07 Å². The van der Waals surface area contributed by atoms with E-state index in [4.69, 9.17) is 17.4 Å². The van der Waals surface area contributed by atoms with Crippen LogP contribution in [0.15, 0.2) is 42.7 Å². The maximum absolute atomic E-state index is 6.15. The average Bonchev–Trinajstić information content (AvgIpc) is 2.42. The highest BCUT2D eigenvalue weighted by Gasteiger charge is 2.15. The van der Waals surface area contributed by atoms with E-state index in [9.17, 15) is 0 Å². The van der Waals surface area contributed by atoms with Crippen LogP contribution in [0.25, 0.3) is 0 Å². The number of benzene rings is 1. The minimum atomic E-state index is -0.119. The van der Waals surface area contributed by atoms with Gasteiger partial charge in [0, 0.05) is 12.4 Å². The number of pyridine rings is 1. The van der Waals surface area contributed by atoms with Gasteiger partial charge >= 0.3 is 0 Å². The molecule has 0 amide bonds. The zero-order valence-electron chi connectivity index (χ0n) is 10.2. The van der Waals surface area contributed by atoms with Crippen LogP contribution >= 0.6 is 11.6 Å². The van der Waals surface area contributed by atoms with Crippen LogP contribution in [0.1, 0.15) is 29.7 Å². The summed E-state index contributed by atoms with van der Waals surface area (Å²) in [6, 6.07) is 10.1. The third-order valence-corrected chi connectivity index (χ3v) is 3.32. The number of aromatic nitrogens is 1. The van der Waals surface area contributed by atoms with E-state index in [0.29, 0.717) is 5.02 Å². The Morgan fingerprint density at radius 2 is 2.00 bits per heavy atom. The molecule has 0 aliphatic carbocycles. The molecule has 0 saturated heterocycles. The largest absolute Gasteiger partial charge is 0.271 e. The summed E-state index contributed by atoms with van der Waals surface area (Å²) < 4.78 is 0. The second kappa shape index (κ2) is 5.96. The van der Waals surface area contributed by atoms with Crippen LogP contribution < -0.4 is 11.3 Å². The highest BCUT2D eigenvalue weighted by Crippen LogP contribution is 2.27. The molecule has 1 unspecified atom stereocenters. The van der Waals surface area contributed by atoms with Gasteiger partial charge in [0.25, 0.3) is 0 Å². The van der Waals surface area contributed by atoms with Gasteiger partial charge < -0.3 is 0 Å². The van der Waals surface area contributed by atoms with Gasteiger partial charge in [0.05, 0.1) is 11.1 Å². The molecule has 0 bridgehead atoms. The predicted molar refractivity (Wildman–Crippen MR) is 74.2 cm³/mol. The Bertz CT molecular complexity index is 511. The van der Waals surface area contributed by atoms with Crippen molar-refractivity contribution in [1.29, 1.82) is 0 Å². The lowest BCUT2D eigenvalue weighted by Gasteiger charge is -2.18. The Balaban J connectivity index is 2.36. The summed E-state index contributed by atoms with van der Waals surface area (Å²) in [6.45, 7) is 2.13. The van der Waals surface area contributed by atoms with Gasteiger partial charge in [-0.3, -0.25) is 10.8 Å². The lowest BCUT2D eigenvalue weighted by Crippen LogP contribution is -2.29. The van der Waals surface area contributed by atoms with Crippen LogP contribution in [0.2, 0.25) is 5.02 Å². The van der Waals surface area contributed by atoms with Gasteiger partial charge in [-0.25, -0.2) is 5.43 Å². The summed E-state index contributed by atoms with van der Waals surface area (Å²) in [6.07, 6.45) is 4.37. The quantitative estimate of drug-likeness (QED) is 0.657. The standard InChI is InChI=1S/C14H16ClN3/c1-2-10-3-5-11(6-4-10)14(18-16)12-7-8-17-9-13(12)15/h3-9,14,18H,2,16H2,1H3. The molecule has 0 aliphatic heterocycles. The summed E-state index contributed by atoms with van der Waals surface area (Å²) in [5.74, 6) is 5.65. The van der Waals surface area contributed by atoms with E-state index in [0.717, 1.165) is 17.5 Å². The summed E-state index contributed by atoms with van der Waals surface area (Å²) in [5, 5.41) is 0.611. The molecule has 2 aromatic rings. The molecule has 3 N–H and O–H groups in total. The molecule has 0 fully saturated rings. The molecular formula is C14H16ClN3. The highest BCUT2D eigenvalue weighted by atomic mass is 35.5. The first-order valence-corrected chi connectivity index (χ1v) is 6.28. The van der Waals surface area contributed by atoms with E-state index in [1.54, 1.807) is 12.4 Å². The molecule has 0 spiro atoms. The molecule has 0 saturated carbocycles. The van der Waals surface area contributed by atoms with Crippen molar-refractivity contribution in [3.8, 4) is 0 Å². The molecule has 1 heterocycles. The highest BCUT2D eigenvalue weighted by molar-refractivity contribution is 6.31. The summed E-state index contributed by atoms with van der Waals surface area (Å²) in [7, 11) is 0. The smallest absolute Gasteiger partial charge is 0.0725 e. The Morgan fingerprint density at radius 3 is 2.56 bits per heavy atom. The number of hydrazine groups is 1. The molecule has 1 aromatic heterocycles. The zero-order valence-corrected chi connectivity index (χ0v) is 11.0. The van der Waals surface area contributed by atoms with Gasteiger partial charge in [0.2, 0.25) is 0 Å². The zero-order chi connectivity index (χ0) is 13.0. The number of halogens is 1. The van der Waals surface area contributed by atoms with E-state index in [2.05, 4.69) is 41.6 Å². The summed E-state index contributed by atoms with van der Waals surface area (Å²) >= 11 is 6.15. The molecule has 2 rings (SSSR count). The Labute approximate surface area is 112 Å². The van der Waals surface area contributed by atoms with Crippen LogP contribution in [0.3, 0.4) is 0 Å². The number of nitrogens with two attached hydrogens (primary N) is 1. The molecule has 0 radical (unpaired) electrons. The van der Waals surface area contributed by atoms with Crippen molar-refractivity contribution in [2.75, 3.05) is 0 Å². The van der Waals surface area contributed by atoms with Gasteiger partial charge in [0.1, 0.15) is 0 Å². The molecule has 4 heteroatoms. The van der Waals surface area contributed by atoms with Crippen molar-refractivity contribution in [3.05, 3.63) is 64.4 Å². The minimum Gasteiger partial charge on any atom is -0.271 e. The van der Waals surface area contributed by atoms with E-state index >= 15 is 0 Å². The van der Waals surface area contributed by atoms with Crippen molar-refractivity contribution in [1.82, 2.24) is 10.4 Å². The van der Waals surface area contributed by atoms with Crippen LogP contribution in [-0.4, -0.2) is 4.98 Å². The Kier molecular flexibility index (Phi) is 4.31. The lowest BCUT2D eigenvalue weighted by atomic mass is 9.98. The third kappa shape index (κ3) is 2.70. The summed E-state index contributed by atoms with van der Waals surface area (Å²) in [5.41, 5.74) is 6.12. The summed E-state index contributed by atoms with van der Waals surface area (Å²) in [4.78, 5) is 3.98. The number of nitrogens with zero attached hydrogens (tertiary/aromatic N) is 1. The number of nitrogens with one attached hydrogen (secondary N) is 1. The maximum Gasteiger partial charge on any atom is 0.0725 e. The lowest BCUT2D eigenvalue weighted by molar-refractivity contribution is 0.636. The fraction of sp³-hybridized carbons (Fsp3) is 0.214. The molecule has 1 atom stereocenters. The minimum absolute atomic E-state index is 0.119. The van der Waals surface area contributed by atoms with E-state index in [1.165, 1.54) is 5.56 Å². The van der Waals surface area contributed by atoms with E-state index in [-0.39, 0.29) is 6.04 Å². The van der Waals surface area contributed by atoms with Gasteiger partial charge in [-0.2, -0.15) is 0 Å². The van der Waals surface area contributed by atoms with Gasteiger partial charge in [-0.05, 0) is 29.2 Å². The van der Waals surface area contributed by atoms with Crippen LogP contribution in [0.5, 0.6) is 0 Å². The van der Waals surface area contributed by atoms with Crippen LogP contribution in [-0.2, 0) is 6.42 Å². The number of aryl methyl sites for hydroxylation is 1. The van der Waals surface area contributed by atoms with Crippen molar-refractivity contribution in [2.24, 2.45) is 5.84 Å². The first-order valence-electron chi connectivity index (χ1n) is 5.90. The van der Waals surface area contributed by atoms with Crippen molar-refractivity contribution >= 4 is 11.6 Å². The van der Waals surface area contributed by atoms with E-state index < -0.39 is 0 Å². The average molecular weight is 262 g/mol. The normalized spacial score (nSPS) is 12.4. The molecule has 0 aliphatic rings. The first kappa shape index (κ1) is 13.0. The van der Waals surface area contributed by atoms with Gasteiger partial charge in [-0.1, -0.05) is 42.8 Å². The molecule has 3 nitrogen and oxygen atoms in total. The fourth-order valence-corrected chi connectivity index (χ4v) is 2.16. The maximum atomic E-state index is 6.15. The second-order valence-electron chi connectivity index (χ2n) is 4.09. The predicted octanol–water partition coefficient (Wildman–Crippen LogP) is 2.85. The van der Waals surface area contributed by atoms with Crippen molar-refractivity contribution in [2.45, 2.75) is 19.4 Å². The number of hydrogen-bond acceptors (Lipinski definition) is 3. The van der Waals surface area contributed by atoms with Gasteiger partial charge in [-0.15, -0.1) is 0 Å². The molecule has 1 aromatic carbocycles. The third-order valence-electron chi connectivity index (χ3n) is 3.00. The number of rotatable bonds is 4. The monoisotopic (exact) mass is 261 g/mol. The second-order valence-corrected chi connectivity index (χ2v) is 4.50. The fourth-order valence-electron chi connectivity index (χ4n) is 1.93. The molecule has 94 valence electrons. The number of hydrogen-bond donors (Lipinski definition) is 2. The topological polar surface area (TPSA) is 50.9 Å². The SMILES string of the molecule is CCc1ccc(C(NN)c2ccncc2Cl)cc1. The van der Waals surface area contributed by atoms with Crippen molar-refractivity contribution in [3.63, 3.8) is 0 Å². The van der Waals surface area contributed by atoms with Gasteiger partial charge in [0.15, 0.2) is 0 Å².